The quantitative estimate of drug-likeness (QED) is 0.775. The first-order valence-electron chi connectivity index (χ1n) is 8.86. The van der Waals surface area contributed by atoms with E-state index in [1.54, 1.807) is 24.1 Å². The van der Waals surface area contributed by atoms with Crippen molar-refractivity contribution in [1.29, 1.82) is 0 Å². The molecule has 1 unspecified atom stereocenters. The van der Waals surface area contributed by atoms with E-state index in [1.807, 2.05) is 31.2 Å². The number of amides is 2. The smallest absolute Gasteiger partial charge is 0.245 e. The zero-order chi connectivity index (χ0) is 19.8. The number of methoxy groups -OCH3 is 1. The largest absolute Gasteiger partial charge is 0.497 e. The van der Waals surface area contributed by atoms with Gasteiger partial charge in [-0.3, -0.25) is 9.59 Å². The predicted molar refractivity (Wildman–Crippen MR) is 102 cm³/mol. The summed E-state index contributed by atoms with van der Waals surface area (Å²) < 4.78 is 18.7. The Bertz CT molecular complexity index is 795. The number of hydrogen-bond acceptors (Lipinski definition) is 3. The molecule has 0 heterocycles. The van der Waals surface area contributed by atoms with Gasteiger partial charge in [0.25, 0.3) is 0 Å². The molecule has 0 aliphatic rings. The first kappa shape index (κ1) is 20.4. The van der Waals surface area contributed by atoms with E-state index in [9.17, 15) is 14.0 Å². The second-order valence-electron chi connectivity index (χ2n) is 6.29. The maximum atomic E-state index is 13.4. The van der Waals surface area contributed by atoms with Gasteiger partial charge in [-0.2, -0.15) is 0 Å². The highest BCUT2D eigenvalue weighted by Gasteiger charge is 2.25. The second kappa shape index (κ2) is 9.71. The van der Waals surface area contributed by atoms with Crippen molar-refractivity contribution < 1.29 is 18.7 Å². The molecule has 6 heteroatoms. The van der Waals surface area contributed by atoms with Gasteiger partial charge in [-0.1, -0.05) is 24.3 Å². The Morgan fingerprint density at radius 1 is 1.15 bits per heavy atom. The van der Waals surface area contributed by atoms with E-state index in [-0.39, 0.29) is 24.2 Å². The monoisotopic (exact) mass is 372 g/mol. The molecule has 0 radical (unpaired) electrons. The van der Waals surface area contributed by atoms with E-state index in [1.165, 1.54) is 19.1 Å². The fourth-order valence-corrected chi connectivity index (χ4v) is 2.90. The topological polar surface area (TPSA) is 58.6 Å². The van der Waals surface area contributed by atoms with Gasteiger partial charge in [-0.05, 0) is 42.3 Å². The number of hydrogen-bond donors (Lipinski definition) is 1. The van der Waals surface area contributed by atoms with Gasteiger partial charge in [0.15, 0.2) is 0 Å². The lowest BCUT2D eigenvalue weighted by molar-refractivity contribution is -0.136. The average Bonchev–Trinajstić information content (AvgIpc) is 2.65. The van der Waals surface area contributed by atoms with E-state index >= 15 is 0 Å². The molecule has 0 aromatic heterocycles. The lowest BCUT2D eigenvalue weighted by Gasteiger charge is -2.27. The summed E-state index contributed by atoms with van der Waals surface area (Å²) in [5.74, 6) is -0.141. The summed E-state index contributed by atoms with van der Waals surface area (Å²) in [5, 5.41) is 2.73. The van der Waals surface area contributed by atoms with Crippen molar-refractivity contribution in [2.24, 2.45) is 0 Å². The minimum Gasteiger partial charge on any atom is -0.497 e. The van der Waals surface area contributed by atoms with Crippen LogP contribution in [0.1, 0.15) is 25.0 Å². The summed E-state index contributed by atoms with van der Waals surface area (Å²) in [6, 6.07) is 12.8. The van der Waals surface area contributed by atoms with Crippen molar-refractivity contribution in [2.45, 2.75) is 32.9 Å². The van der Waals surface area contributed by atoms with Crippen molar-refractivity contribution in [2.75, 3.05) is 13.7 Å². The van der Waals surface area contributed by atoms with Crippen molar-refractivity contribution in [3.8, 4) is 5.75 Å². The van der Waals surface area contributed by atoms with Crippen LogP contribution >= 0.6 is 0 Å². The van der Waals surface area contributed by atoms with Gasteiger partial charge in [0, 0.05) is 26.4 Å². The highest BCUT2D eigenvalue weighted by molar-refractivity contribution is 5.87. The Labute approximate surface area is 159 Å². The van der Waals surface area contributed by atoms with Crippen molar-refractivity contribution >= 4 is 11.8 Å². The van der Waals surface area contributed by atoms with Gasteiger partial charge in [0.05, 0.1) is 7.11 Å². The molecule has 1 atom stereocenters. The third-order valence-corrected chi connectivity index (χ3v) is 4.21. The van der Waals surface area contributed by atoms with Crippen molar-refractivity contribution in [3.63, 3.8) is 0 Å². The van der Waals surface area contributed by atoms with E-state index in [0.717, 1.165) is 5.56 Å². The fraction of sp³-hybridized carbons (Fsp3) is 0.333. The Kier molecular flexibility index (Phi) is 7.34. The summed E-state index contributed by atoms with van der Waals surface area (Å²) in [6.45, 7) is 3.97. The Morgan fingerprint density at radius 2 is 1.85 bits per heavy atom. The summed E-state index contributed by atoms with van der Waals surface area (Å²) in [5.41, 5.74) is 1.58. The van der Waals surface area contributed by atoms with E-state index < -0.39 is 6.04 Å². The molecule has 144 valence electrons. The Balaban J connectivity index is 2.19. The van der Waals surface area contributed by atoms with Crippen LogP contribution in [0.2, 0.25) is 0 Å². The van der Waals surface area contributed by atoms with Crippen molar-refractivity contribution in [1.82, 2.24) is 10.2 Å². The summed E-state index contributed by atoms with van der Waals surface area (Å²) in [4.78, 5) is 26.3. The molecule has 27 heavy (non-hydrogen) atoms. The molecule has 0 aliphatic carbocycles. The molecule has 0 saturated carbocycles. The molecule has 2 aromatic rings. The van der Waals surface area contributed by atoms with Crippen LogP contribution in [0.4, 0.5) is 4.39 Å². The molecule has 0 aliphatic heterocycles. The average molecular weight is 372 g/mol. The molecule has 0 bridgehead atoms. The van der Waals surface area contributed by atoms with Crippen LogP contribution in [-0.4, -0.2) is 36.4 Å². The zero-order valence-corrected chi connectivity index (χ0v) is 15.9. The SMILES string of the molecule is CCN(Cc1cccc(F)c1)C(=O)C(Cc1cccc(OC)c1)NC(C)=O. The van der Waals surface area contributed by atoms with Crippen LogP contribution in [0.3, 0.4) is 0 Å². The first-order chi connectivity index (χ1) is 12.9. The number of nitrogens with zero attached hydrogens (tertiary/aromatic N) is 1. The standard InChI is InChI=1S/C21H25FN2O3/c1-4-24(14-17-8-5-9-18(22)11-17)21(26)20(23-15(2)25)13-16-7-6-10-19(12-16)27-3/h5-12,20H,4,13-14H2,1-3H3,(H,23,25). The molecule has 0 saturated heterocycles. The molecular weight excluding hydrogens is 347 g/mol. The molecule has 0 fully saturated rings. The van der Waals surface area contributed by atoms with Crippen LogP contribution in [0, 0.1) is 5.82 Å². The van der Waals surface area contributed by atoms with Crippen LogP contribution in [0.15, 0.2) is 48.5 Å². The molecule has 2 rings (SSSR count). The van der Waals surface area contributed by atoms with Crippen LogP contribution in [-0.2, 0) is 22.6 Å². The summed E-state index contributed by atoms with van der Waals surface area (Å²) in [6.07, 6.45) is 0.343. The van der Waals surface area contributed by atoms with Gasteiger partial charge in [-0.15, -0.1) is 0 Å². The normalized spacial score (nSPS) is 11.6. The molecule has 2 amide bonds. The minimum absolute atomic E-state index is 0.209. The number of ether oxygens (including phenoxy) is 1. The number of likely N-dealkylation sites (N-methyl/N-ethyl adjacent to an activating group) is 1. The second-order valence-corrected chi connectivity index (χ2v) is 6.29. The van der Waals surface area contributed by atoms with Gasteiger partial charge < -0.3 is 15.0 Å². The zero-order valence-electron chi connectivity index (χ0n) is 15.9. The highest BCUT2D eigenvalue weighted by atomic mass is 19.1. The van der Waals surface area contributed by atoms with E-state index in [2.05, 4.69) is 5.32 Å². The maximum Gasteiger partial charge on any atom is 0.245 e. The van der Waals surface area contributed by atoms with E-state index in [0.29, 0.717) is 24.3 Å². The van der Waals surface area contributed by atoms with Crippen molar-refractivity contribution in [3.05, 3.63) is 65.5 Å². The van der Waals surface area contributed by atoms with Crippen LogP contribution in [0.5, 0.6) is 5.75 Å². The third kappa shape index (κ3) is 6.09. The molecular formula is C21H25FN2O3. The molecule has 0 spiro atoms. The maximum absolute atomic E-state index is 13.4. The molecule has 2 aromatic carbocycles. The highest BCUT2D eigenvalue weighted by Crippen LogP contribution is 2.16. The Hall–Kier alpha value is -2.89. The Morgan fingerprint density at radius 3 is 2.48 bits per heavy atom. The van der Waals surface area contributed by atoms with E-state index in [4.69, 9.17) is 4.74 Å². The first-order valence-corrected chi connectivity index (χ1v) is 8.86. The number of rotatable bonds is 8. The lowest BCUT2D eigenvalue weighted by Crippen LogP contribution is -2.49. The molecule has 1 N–H and O–H groups in total. The van der Waals surface area contributed by atoms with Gasteiger partial charge >= 0.3 is 0 Å². The minimum atomic E-state index is -0.705. The number of nitrogens with one attached hydrogen (secondary N) is 1. The van der Waals surface area contributed by atoms with Gasteiger partial charge in [-0.25, -0.2) is 4.39 Å². The van der Waals surface area contributed by atoms with Crippen LogP contribution in [0.25, 0.3) is 0 Å². The number of carbonyl (C=O) groups excluding carboxylic acids is 2. The third-order valence-electron chi connectivity index (χ3n) is 4.21. The number of benzene rings is 2. The number of carbonyl (C=O) groups is 2. The molecule has 5 nitrogen and oxygen atoms in total. The van der Waals surface area contributed by atoms with Gasteiger partial charge in [0.1, 0.15) is 17.6 Å². The summed E-state index contributed by atoms with van der Waals surface area (Å²) >= 11 is 0. The van der Waals surface area contributed by atoms with Crippen LogP contribution < -0.4 is 10.1 Å². The summed E-state index contributed by atoms with van der Waals surface area (Å²) in [7, 11) is 1.58. The fourth-order valence-electron chi connectivity index (χ4n) is 2.90. The van der Waals surface area contributed by atoms with Gasteiger partial charge in [0.2, 0.25) is 11.8 Å². The lowest BCUT2D eigenvalue weighted by atomic mass is 10.0. The predicted octanol–water partition coefficient (Wildman–Crippen LogP) is 2.93. The number of halogens is 1.